The Morgan fingerprint density at radius 3 is 2.04 bits per heavy atom. The van der Waals surface area contributed by atoms with Crippen LogP contribution in [0.1, 0.15) is 58.2 Å². The van der Waals surface area contributed by atoms with Gasteiger partial charge < -0.3 is 4.90 Å². The highest BCUT2D eigenvalue weighted by molar-refractivity contribution is 7.86. The second kappa shape index (κ2) is 11.5. The lowest BCUT2D eigenvalue weighted by molar-refractivity contribution is -0.433. The maximum Gasteiger partial charge on any atom is 0.294 e. The first-order valence-electron chi connectivity index (χ1n) is 14.7. The van der Waals surface area contributed by atoms with Crippen molar-refractivity contribution in [3.05, 3.63) is 108 Å². The van der Waals surface area contributed by atoms with Crippen LogP contribution >= 0.6 is 0 Å². The maximum atomic E-state index is 11.9. The Morgan fingerprint density at radius 1 is 0.867 bits per heavy atom. The van der Waals surface area contributed by atoms with Crippen LogP contribution in [0.3, 0.4) is 0 Å². The molecule has 5 rings (SSSR count). The van der Waals surface area contributed by atoms with Gasteiger partial charge in [-0.05, 0) is 99.0 Å². The third kappa shape index (κ3) is 5.81. The molecule has 0 atom stereocenters. The molecule has 0 spiro atoms. The largest absolute Gasteiger partial charge is 0.344 e. The van der Waals surface area contributed by atoms with Gasteiger partial charge in [-0.15, -0.1) is 0 Å². The second-order valence-corrected chi connectivity index (χ2v) is 15.0. The number of benzene rings is 2. The molecule has 0 aliphatic carbocycles. The van der Waals surface area contributed by atoms with E-state index in [1.807, 2.05) is 78.0 Å². The molecule has 0 radical (unpaired) electrons. The number of likely N-dealkylation sites (N-methyl/N-ethyl adjacent to an activating group) is 1. The van der Waals surface area contributed by atoms with Crippen molar-refractivity contribution in [2.24, 2.45) is 0 Å². The van der Waals surface area contributed by atoms with Crippen LogP contribution in [0.25, 0.3) is 5.57 Å². The highest BCUT2D eigenvalue weighted by Gasteiger charge is 2.44. The quantitative estimate of drug-likeness (QED) is 0.165. The van der Waals surface area contributed by atoms with Gasteiger partial charge in [0, 0.05) is 53.4 Å². The lowest BCUT2D eigenvalue weighted by atomic mass is 9.81. The first-order chi connectivity index (χ1) is 21.0. The van der Waals surface area contributed by atoms with Gasteiger partial charge in [-0.1, -0.05) is 19.9 Å². The number of fused-ring (bicyclic) bond motifs is 2. The van der Waals surface area contributed by atoms with Crippen LogP contribution in [-0.4, -0.2) is 54.3 Å². The summed E-state index contributed by atoms with van der Waals surface area (Å²) in [5.41, 5.74) is 6.08. The third-order valence-electron chi connectivity index (χ3n) is 8.81. The Morgan fingerprint density at radius 2 is 1.47 bits per heavy atom. The number of allylic oxidation sites excluding steroid dienone is 6. The van der Waals surface area contributed by atoms with Crippen LogP contribution in [0.2, 0.25) is 0 Å². The summed E-state index contributed by atoms with van der Waals surface area (Å²) in [5, 5.41) is 0. The van der Waals surface area contributed by atoms with E-state index in [4.69, 9.17) is 0 Å². The standard InChI is InChI=1S/C34H37N3O6S2/c1-7-36-29-13-11-25(44(38,39)40)21-27(29)33(3,4)31(36)15-9-23(24-17-19-35-20-18-24)10-16-32-34(5,6)28-22-26(45(41,42)43)12-14-30(28)37(32)8-2/h9-22H,7-8H2,1-6H3,(H-,38,39,40,41,42,43)/p+1. The molecular formula is C34H38N3O6S2+. The zero-order chi connectivity index (χ0) is 32.9. The van der Waals surface area contributed by atoms with Crippen molar-refractivity contribution >= 4 is 42.9 Å². The van der Waals surface area contributed by atoms with Crippen LogP contribution in [0, 0.1) is 0 Å². The van der Waals surface area contributed by atoms with Gasteiger partial charge in [-0.25, -0.2) is 0 Å². The summed E-state index contributed by atoms with van der Waals surface area (Å²) in [6, 6.07) is 13.3. The average molecular weight is 649 g/mol. The highest BCUT2D eigenvalue weighted by atomic mass is 32.2. The molecule has 2 aromatic carbocycles. The molecule has 3 aromatic rings. The van der Waals surface area contributed by atoms with Gasteiger partial charge in [0.2, 0.25) is 5.69 Å². The Balaban J connectivity index is 1.61. The monoisotopic (exact) mass is 648 g/mol. The van der Waals surface area contributed by atoms with Gasteiger partial charge in [-0.3, -0.25) is 14.1 Å². The maximum absolute atomic E-state index is 11.9. The van der Waals surface area contributed by atoms with Gasteiger partial charge in [0.1, 0.15) is 6.54 Å². The smallest absolute Gasteiger partial charge is 0.294 e. The van der Waals surface area contributed by atoms with Crippen molar-refractivity contribution < 1.29 is 30.5 Å². The fourth-order valence-electron chi connectivity index (χ4n) is 6.44. The summed E-state index contributed by atoms with van der Waals surface area (Å²) >= 11 is 0. The minimum Gasteiger partial charge on any atom is -0.344 e. The molecule has 3 heterocycles. The predicted octanol–water partition coefficient (Wildman–Crippen LogP) is 6.31. The zero-order valence-electron chi connectivity index (χ0n) is 26.2. The Bertz CT molecular complexity index is 2020. The summed E-state index contributed by atoms with van der Waals surface area (Å²) in [4.78, 5) is 6.06. The van der Waals surface area contributed by atoms with Crippen molar-refractivity contribution in [2.45, 2.75) is 62.2 Å². The predicted molar refractivity (Wildman–Crippen MR) is 176 cm³/mol. The van der Waals surface area contributed by atoms with Gasteiger partial charge >= 0.3 is 0 Å². The van der Waals surface area contributed by atoms with Gasteiger partial charge in [0.25, 0.3) is 20.2 Å². The fourth-order valence-corrected chi connectivity index (χ4v) is 7.45. The Kier molecular flexibility index (Phi) is 8.28. The number of nitrogens with zero attached hydrogens (tertiary/aromatic N) is 3. The van der Waals surface area contributed by atoms with Gasteiger partial charge in [0.05, 0.1) is 15.2 Å². The van der Waals surface area contributed by atoms with Crippen LogP contribution in [-0.2, 0) is 31.1 Å². The molecule has 2 aliphatic heterocycles. The minimum atomic E-state index is -4.35. The summed E-state index contributed by atoms with van der Waals surface area (Å²) in [6.07, 6.45) is 11.6. The minimum absolute atomic E-state index is 0.135. The summed E-state index contributed by atoms with van der Waals surface area (Å²) in [7, 11) is -8.71. The van der Waals surface area contributed by atoms with E-state index >= 15 is 0 Å². The van der Waals surface area contributed by atoms with Crippen molar-refractivity contribution in [2.75, 3.05) is 18.0 Å². The molecule has 0 amide bonds. The third-order valence-corrected chi connectivity index (χ3v) is 10.5. The number of aromatic nitrogens is 1. The molecule has 0 saturated carbocycles. The second-order valence-electron chi connectivity index (χ2n) is 12.2. The molecule has 0 saturated heterocycles. The molecule has 0 bridgehead atoms. The molecule has 0 unspecified atom stereocenters. The number of rotatable bonds is 8. The lowest BCUT2D eigenvalue weighted by Crippen LogP contribution is -2.27. The normalized spacial score (nSPS) is 18.6. The molecule has 45 heavy (non-hydrogen) atoms. The van der Waals surface area contributed by atoms with E-state index in [2.05, 4.69) is 14.5 Å². The Labute approximate surface area is 265 Å². The van der Waals surface area contributed by atoms with E-state index in [9.17, 15) is 25.9 Å². The van der Waals surface area contributed by atoms with E-state index in [0.717, 1.165) is 45.0 Å². The molecule has 11 heteroatoms. The van der Waals surface area contributed by atoms with Crippen molar-refractivity contribution in [1.82, 2.24) is 4.98 Å². The first kappa shape index (κ1) is 32.5. The van der Waals surface area contributed by atoms with Gasteiger partial charge in [-0.2, -0.15) is 21.4 Å². The topological polar surface area (TPSA) is 128 Å². The van der Waals surface area contributed by atoms with Crippen LogP contribution in [0.5, 0.6) is 0 Å². The first-order valence-corrected chi connectivity index (χ1v) is 17.6. The number of anilines is 1. The Hall–Kier alpha value is -3.90. The summed E-state index contributed by atoms with van der Waals surface area (Å²) in [5.74, 6) is 0. The van der Waals surface area contributed by atoms with Crippen molar-refractivity contribution in [3.63, 3.8) is 0 Å². The molecule has 2 N–H and O–H groups in total. The molecule has 236 valence electrons. The number of hydrogen-bond acceptors (Lipinski definition) is 6. The van der Waals surface area contributed by atoms with E-state index in [-0.39, 0.29) is 9.79 Å². The van der Waals surface area contributed by atoms with Crippen LogP contribution in [0.4, 0.5) is 11.4 Å². The molecule has 9 nitrogen and oxygen atoms in total. The van der Waals surface area contributed by atoms with Gasteiger partial charge in [0.15, 0.2) is 5.71 Å². The fraction of sp³-hybridized carbons (Fsp3) is 0.294. The average Bonchev–Trinajstić information content (AvgIpc) is 3.34. The molecule has 0 fully saturated rings. The van der Waals surface area contributed by atoms with Crippen molar-refractivity contribution in [3.8, 4) is 0 Å². The zero-order valence-corrected chi connectivity index (χ0v) is 27.8. The number of pyridine rings is 1. The van der Waals surface area contributed by atoms with E-state index in [1.54, 1.807) is 36.7 Å². The molecule has 1 aromatic heterocycles. The van der Waals surface area contributed by atoms with Crippen LogP contribution in [0.15, 0.2) is 101 Å². The van der Waals surface area contributed by atoms with Crippen LogP contribution < -0.4 is 4.90 Å². The molecular weight excluding hydrogens is 611 g/mol. The summed E-state index contributed by atoms with van der Waals surface area (Å²) in [6.45, 7) is 13.5. The summed E-state index contributed by atoms with van der Waals surface area (Å²) < 4.78 is 69.2. The number of hydrogen-bond donors (Lipinski definition) is 2. The lowest BCUT2D eigenvalue weighted by Gasteiger charge is -2.26. The molecule has 2 aliphatic rings. The SMILES string of the molecule is CCN1/C(=C/C=C(/C=C/C2=[N+](CC)c3ccc(S(=O)(=O)O)cc3C2(C)C)c2ccncc2)C(C)(C)c2cc(S(=O)(=O)O)ccc21. The van der Waals surface area contributed by atoms with E-state index in [1.165, 1.54) is 12.1 Å². The van der Waals surface area contributed by atoms with E-state index < -0.39 is 31.1 Å². The highest BCUT2D eigenvalue weighted by Crippen LogP contribution is 2.48. The van der Waals surface area contributed by atoms with E-state index in [0.29, 0.717) is 13.1 Å². The van der Waals surface area contributed by atoms with Crippen molar-refractivity contribution in [1.29, 1.82) is 0 Å².